The molecular weight excluding hydrogens is 517 g/mol. The third-order valence-corrected chi connectivity index (χ3v) is 7.91. The molecule has 1 saturated heterocycles. The Bertz CT molecular complexity index is 1150. The number of thiazole rings is 1. The van der Waals surface area contributed by atoms with Gasteiger partial charge in [-0.1, -0.05) is 6.92 Å². The Labute approximate surface area is 214 Å². The van der Waals surface area contributed by atoms with Gasteiger partial charge in [-0.2, -0.15) is 13.2 Å². The van der Waals surface area contributed by atoms with Crippen molar-refractivity contribution in [2.24, 2.45) is 0 Å². The molecule has 0 aromatic carbocycles. The highest BCUT2D eigenvalue weighted by Gasteiger charge is 2.39. The van der Waals surface area contributed by atoms with Crippen LogP contribution in [0.4, 0.5) is 27.8 Å². The highest BCUT2D eigenvalue weighted by Crippen LogP contribution is 2.39. The number of carbonyl (C=O) groups is 2. The third-order valence-electron chi connectivity index (χ3n) is 6.82. The van der Waals surface area contributed by atoms with Gasteiger partial charge in [-0.3, -0.25) is 9.59 Å². The van der Waals surface area contributed by atoms with Gasteiger partial charge in [0.25, 0.3) is 18.2 Å². The van der Waals surface area contributed by atoms with Crippen LogP contribution in [0.5, 0.6) is 0 Å². The van der Waals surface area contributed by atoms with Crippen molar-refractivity contribution >= 4 is 29.0 Å². The van der Waals surface area contributed by atoms with Crippen LogP contribution in [0.3, 0.4) is 0 Å². The molecule has 37 heavy (non-hydrogen) atoms. The Hall–Kier alpha value is -2.83. The number of aromatic nitrogens is 2. The largest absolute Gasteiger partial charge is 0.408 e. The van der Waals surface area contributed by atoms with Crippen molar-refractivity contribution in [1.82, 2.24) is 20.2 Å². The first-order chi connectivity index (χ1) is 17.5. The number of halogens is 5. The van der Waals surface area contributed by atoms with Crippen molar-refractivity contribution in [3.8, 4) is 10.4 Å². The van der Waals surface area contributed by atoms with E-state index in [0.717, 1.165) is 55.7 Å². The summed E-state index contributed by atoms with van der Waals surface area (Å²) in [7, 11) is 0. The fourth-order valence-electron chi connectivity index (χ4n) is 4.43. The molecule has 7 nitrogen and oxygen atoms in total. The fourth-order valence-corrected chi connectivity index (χ4v) is 5.42. The zero-order valence-electron chi connectivity index (χ0n) is 20.4. The smallest absolute Gasteiger partial charge is 0.359 e. The summed E-state index contributed by atoms with van der Waals surface area (Å²) >= 11 is 0.801. The van der Waals surface area contributed by atoms with E-state index in [1.807, 2.05) is 6.92 Å². The standard InChI is InChI=1S/C24H28F5N5O2S/c1-3-16(24(27,28)29)32-17-10-14(20(25)26)15(11-30-17)19-18(23(36)34-9-5-6-12(34)2)33-22(37-19)21(35)31-13-7-4-8-13/h10-13,16,20H,3-9H2,1-2H3,(H,30,32)(H,31,35)/t12-,16+/m0/s1. The van der Waals surface area contributed by atoms with Crippen molar-refractivity contribution in [3.05, 3.63) is 28.5 Å². The minimum absolute atomic E-state index is 0.00130. The van der Waals surface area contributed by atoms with Gasteiger partial charge in [0.1, 0.15) is 17.6 Å². The van der Waals surface area contributed by atoms with Crippen molar-refractivity contribution in [2.75, 3.05) is 11.9 Å². The molecule has 2 aliphatic rings. The van der Waals surface area contributed by atoms with Crippen LogP contribution < -0.4 is 10.6 Å². The predicted molar refractivity (Wildman–Crippen MR) is 129 cm³/mol. The van der Waals surface area contributed by atoms with Crippen LogP contribution in [0, 0.1) is 0 Å². The molecule has 1 aliphatic carbocycles. The first-order valence-electron chi connectivity index (χ1n) is 12.2. The molecule has 2 amide bonds. The summed E-state index contributed by atoms with van der Waals surface area (Å²) in [5, 5.41) is 4.96. The summed E-state index contributed by atoms with van der Waals surface area (Å²) in [6.07, 6.45) is -2.78. The summed E-state index contributed by atoms with van der Waals surface area (Å²) < 4.78 is 67.9. The number of carbonyl (C=O) groups excluding carboxylic acids is 2. The van der Waals surface area contributed by atoms with Crippen LogP contribution in [0.1, 0.15) is 84.7 Å². The quantitative estimate of drug-likeness (QED) is 0.410. The SMILES string of the molecule is CC[C@@H](Nc1cc(C(F)F)c(-c2sc(C(=O)NC3CCC3)nc2C(=O)N2CCC[C@@H]2C)cn1)C(F)(F)F. The normalized spacial score (nSPS) is 19.1. The number of amides is 2. The molecule has 0 unspecified atom stereocenters. The average Bonchev–Trinajstić information content (AvgIpc) is 3.45. The van der Waals surface area contributed by atoms with Gasteiger partial charge in [0.15, 0.2) is 5.01 Å². The number of nitrogens with zero attached hydrogens (tertiary/aromatic N) is 3. The van der Waals surface area contributed by atoms with E-state index < -0.39 is 36.0 Å². The summed E-state index contributed by atoms with van der Waals surface area (Å²) in [6.45, 7) is 3.66. The van der Waals surface area contributed by atoms with E-state index in [4.69, 9.17) is 0 Å². The number of hydrogen-bond donors (Lipinski definition) is 2. The number of likely N-dealkylation sites (tertiary alicyclic amines) is 1. The molecule has 2 aromatic heterocycles. The number of anilines is 1. The molecule has 1 aliphatic heterocycles. The predicted octanol–water partition coefficient (Wildman–Crippen LogP) is 5.80. The lowest BCUT2D eigenvalue weighted by molar-refractivity contribution is -0.142. The molecular formula is C24H28F5N5O2S. The van der Waals surface area contributed by atoms with Crippen LogP contribution in [0.25, 0.3) is 10.4 Å². The van der Waals surface area contributed by atoms with Crippen molar-refractivity contribution in [2.45, 2.75) is 83.1 Å². The van der Waals surface area contributed by atoms with E-state index in [9.17, 15) is 31.5 Å². The average molecular weight is 546 g/mol. The molecule has 1 saturated carbocycles. The summed E-state index contributed by atoms with van der Waals surface area (Å²) in [5.41, 5.74) is -0.882. The van der Waals surface area contributed by atoms with Crippen molar-refractivity contribution in [1.29, 1.82) is 0 Å². The van der Waals surface area contributed by atoms with Crippen LogP contribution in [-0.4, -0.2) is 57.5 Å². The minimum Gasteiger partial charge on any atom is -0.359 e. The number of pyridine rings is 1. The minimum atomic E-state index is -4.59. The first kappa shape index (κ1) is 27.2. The van der Waals surface area contributed by atoms with E-state index in [2.05, 4.69) is 20.6 Å². The third kappa shape index (κ3) is 5.86. The van der Waals surface area contributed by atoms with Crippen molar-refractivity contribution in [3.63, 3.8) is 0 Å². The Morgan fingerprint density at radius 1 is 1.22 bits per heavy atom. The molecule has 202 valence electrons. The molecule has 2 atom stereocenters. The maximum atomic E-state index is 14.2. The zero-order valence-corrected chi connectivity index (χ0v) is 21.2. The topological polar surface area (TPSA) is 87.2 Å². The molecule has 2 fully saturated rings. The molecule has 2 aromatic rings. The lowest BCUT2D eigenvalue weighted by atomic mass is 9.93. The number of hydrogen-bond acceptors (Lipinski definition) is 6. The highest BCUT2D eigenvalue weighted by atomic mass is 32.1. The Morgan fingerprint density at radius 2 is 1.95 bits per heavy atom. The molecule has 3 heterocycles. The van der Waals surface area contributed by atoms with E-state index in [-0.39, 0.29) is 45.5 Å². The molecule has 0 bridgehead atoms. The number of alkyl halides is 5. The number of rotatable bonds is 8. The molecule has 4 rings (SSSR count). The number of nitrogens with one attached hydrogen (secondary N) is 2. The first-order valence-corrected chi connectivity index (χ1v) is 13.1. The van der Waals surface area contributed by atoms with Gasteiger partial charge in [-0.15, -0.1) is 11.3 Å². The van der Waals surface area contributed by atoms with Gasteiger partial charge in [0, 0.05) is 36.0 Å². The maximum Gasteiger partial charge on any atom is 0.408 e. The Kier molecular flexibility index (Phi) is 8.00. The summed E-state index contributed by atoms with van der Waals surface area (Å²) in [4.78, 5) is 36.1. The van der Waals surface area contributed by atoms with Crippen LogP contribution in [0.2, 0.25) is 0 Å². The van der Waals surface area contributed by atoms with E-state index in [1.165, 1.54) is 6.92 Å². The second-order valence-electron chi connectivity index (χ2n) is 9.39. The second kappa shape index (κ2) is 10.9. The fraction of sp³-hybridized carbons (Fsp3) is 0.583. The second-order valence-corrected chi connectivity index (χ2v) is 10.4. The zero-order chi connectivity index (χ0) is 26.9. The maximum absolute atomic E-state index is 14.2. The van der Waals surface area contributed by atoms with Crippen LogP contribution >= 0.6 is 11.3 Å². The van der Waals surface area contributed by atoms with Gasteiger partial charge in [0.2, 0.25) is 0 Å². The molecule has 13 heteroatoms. The van der Waals surface area contributed by atoms with Crippen LogP contribution in [0.15, 0.2) is 12.3 Å². The van der Waals surface area contributed by atoms with Crippen molar-refractivity contribution < 1.29 is 31.5 Å². The van der Waals surface area contributed by atoms with Gasteiger partial charge < -0.3 is 15.5 Å². The van der Waals surface area contributed by atoms with Gasteiger partial charge in [0.05, 0.1) is 4.88 Å². The van der Waals surface area contributed by atoms with E-state index >= 15 is 0 Å². The Morgan fingerprint density at radius 3 is 2.49 bits per heavy atom. The molecule has 2 N–H and O–H groups in total. The van der Waals surface area contributed by atoms with Gasteiger partial charge >= 0.3 is 6.18 Å². The van der Waals surface area contributed by atoms with E-state index in [1.54, 1.807) is 4.90 Å². The van der Waals surface area contributed by atoms with E-state index in [0.29, 0.717) is 6.54 Å². The summed E-state index contributed by atoms with van der Waals surface area (Å²) in [6, 6.07) is -1.19. The summed E-state index contributed by atoms with van der Waals surface area (Å²) in [5.74, 6) is -1.34. The molecule has 0 radical (unpaired) electrons. The lowest BCUT2D eigenvalue weighted by Gasteiger charge is -2.25. The van der Waals surface area contributed by atoms with Gasteiger partial charge in [-0.05, 0) is 51.5 Å². The monoisotopic (exact) mass is 545 g/mol. The Balaban J connectivity index is 1.74. The van der Waals surface area contributed by atoms with Crippen LogP contribution in [-0.2, 0) is 0 Å². The lowest BCUT2D eigenvalue weighted by Crippen LogP contribution is -2.39. The molecule has 0 spiro atoms. The highest BCUT2D eigenvalue weighted by molar-refractivity contribution is 7.17. The van der Waals surface area contributed by atoms with Gasteiger partial charge in [-0.25, -0.2) is 18.7 Å².